The average molecular weight is 448 g/mol. The van der Waals surface area contributed by atoms with Crippen LogP contribution in [0.4, 0.5) is 11.5 Å². The third-order valence-corrected chi connectivity index (χ3v) is 5.77. The predicted octanol–water partition coefficient (Wildman–Crippen LogP) is 5.41. The number of nitrogens with zero attached hydrogens (tertiary/aromatic N) is 2. The molecule has 3 N–H and O–H groups in total. The summed E-state index contributed by atoms with van der Waals surface area (Å²) in [5.41, 5.74) is 3.33. The fourth-order valence-corrected chi connectivity index (χ4v) is 3.88. The second-order valence-electron chi connectivity index (χ2n) is 7.80. The molecule has 32 heavy (non-hydrogen) atoms. The first-order valence-electron chi connectivity index (χ1n) is 10.8. The second kappa shape index (κ2) is 10.3. The standard InChI is InChI=1S/C25H26ClN5O/c26-20-10-13-23(29-17-20)30-25(32)22-7-3-2-6-19(22)16-28-21-11-8-18(9-12-21)24(27)31-14-4-1-5-15-31/h2-3,6-13,17,27-28H,1,4-5,14-16H2,(H,29,30,32). The van der Waals surface area contributed by atoms with Gasteiger partial charge in [0.2, 0.25) is 0 Å². The fourth-order valence-electron chi connectivity index (χ4n) is 3.77. The van der Waals surface area contributed by atoms with Crippen molar-refractivity contribution in [2.45, 2.75) is 25.8 Å². The number of hydrogen-bond donors (Lipinski definition) is 3. The highest BCUT2D eigenvalue weighted by molar-refractivity contribution is 6.30. The van der Waals surface area contributed by atoms with Gasteiger partial charge in [0.25, 0.3) is 5.91 Å². The second-order valence-corrected chi connectivity index (χ2v) is 8.24. The molecule has 0 bridgehead atoms. The first kappa shape index (κ1) is 21.8. The molecule has 0 radical (unpaired) electrons. The van der Waals surface area contributed by atoms with Crippen LogP contribution >= 0.6 is 11.6 Å². The molecule has 1 saturated heterocycles. The van der Waals surface area contributed by atoms with Crippen molar-refractivity contribution in [3.05, 3.63) is 88.6 Å². The molecule has 1 fully saturated rings. The number of halogens is 1. The van der Waals surface area contributed by atoms with E-state index in [0.717, 1.165) is 42.7 Å². The van der Waals surface area contributed by atoms with E-state index in [4.69, 9.17) is 17.0 Å². The van der Waals surface area contributed by atoms with E-state index in [2.05, 4.69) is 20.5 Å². The highest BCUT2D eigenvalue weighted by Gasteiger charge is 2.15. The number of carbonyl (C=O) groups excluding carboxylic acids is 1. The fraction of sp³-hybridized carbons (Fsp3) is 0.240. The number of carbonyl (C=O) groups is 1. The zero-order valence-corrected chi connectivity index (χ0v) is 18.5. The average Bonchev–Trinajstić information content (AvgIpc) is 2.85. The lowest BCUT2D eigenvalue weighted by molar-refractivity contribution is 0.102. The van der Waals surface area contributed by atoms with Crippen molar-refractivity contribution in [2.24, 2.45) is 0 Å². The molecule has 2 aromatic carbocycles. The van der Waals surface area contributed by atoms with E-state index in [9.17, 15) is 4.79 Å². The molecule has 6 nitrogen and oxygen atoms in total. The van der Waals surface area contributed by atoms with Crippen LogP contribution in [0.5, 0.6) is 0 Å². The van der Waals surface area contributed by atoms with E-state index < -0.39 is 0 Å². The maximum Gasteiger partial charge on any atom is 0.257 e. The summed E-state index contributed by atoms with van der Waals surface area (Å²) in [4.78, 5) is 19.0. The molecular formula is C25H26ClN5O. The Kier molecular flexibility index (Phi) is 7.02. The summed E-state index contributed by atoms with van der Waals surface area (Å²) in [6, 6.07) is 18.8. The Morgan fingerprint density at radius 3 is 2.47 bits per heavy atom. The molecule has 164 valence electrons. The van der Waals surface area contributed by atoms with E-state index in [1.807, 2.05) is 42.5 Å². The van der Waals surface area contributed by atoms with Crippen LogP contribution in [0.1, 0.15) is 40.7 Å². The molecule has 1 amide bonds. The van der Waals surface area contributed by atoms with Gasteiger partial charge in [0, 0.05) is 42.6 Å². The van der Waals surface area contributed by atoms with Crippen molar-refractivity contribution in [1.82, 2.24) is 9.88 Å². The maximum atomic E-state index is 12.8. The summed E-state index contributed by atoms with van der Waals surface area (Å²) in [6.07, 6.45) is 5.06. The van der Waals surface area contributed by atoms with Gasteiger partial charge in [0.15, 0.2) is 0 Å². The Balaban J connectivity index is 1.39. The Hall–Kier alpha value is -3.38. The van der Waals surface area contributed by atoms with Gasteiger partial charge in [-0.1, -0.05) is 29.8 Å². The molecule has 0 saturated carbocycles. The number of anilines is 2. The van der Waals surface area contributed by atoms with Gasteiger partial charge in [-0.05, 0) is 67.3 Å². The molecule has 3 aromatic rings. The van der Waals surface area contributed by atoms with Gasteiger partial charge in [0.1, 0.15) is 11.7 Å². The number of pyridine rings is 1. The van der Waals surface area contributed by atoms with Crippen molar-refractivity contribution >= 4 is 34.8 Å². The smallest absolute Gasteiger partial charge is 0.257 e. The number of benzene rings is 2. The zero-order chi connectivity index (χ0) is 22.3. The van der Waals surface area contributed by atoms with Crippen molar-refractivity contribution in [3.63, 3.8) is 0 Å². The zero-order valence-electron chi connectivity index (χ0n) is 17.8. The van der Waals surface area contributed by atoms with Crippen LogP contribution in [-0.4, -0.2) is 34.7 Å². The van der Waals surface area contributed by atoms with Crippen LogP contribution in [0, 0.1) is 5.41 Å². The van der Waals surface area contributed by atoms with Gasteiger partial charge in [0.05, 0.1) is 5.02 Å². The van der Waals surface area contributed by atoms with Gasteiger partial charge < -0.3 is 15.5 Å². The molecule has 1 aliphatic heterocycles. The van der Waals surface area contributed by atoms with E-state index >= 15 is 0 Å². The molecule has 4 rings (SSSR count). The van der Waals surface area contributed by atoms with Gasteiger partial charge >= 0.3 is 0 Å². The number of nitrogens with one attached hydrogen (secondary N) is 3. The Morgan fingerprint density at radius 1 is 1.00 bits per heavy atom. The van der Waals surface area contributed by atoms with Gasteiger partial charge in [-0.25, -0.2) is 4.98 Å². The Labute approximate surface area is 193 Å². The van der Waals surface area contributed by atoms with Crippen LogP contribution in [0.3, 0.4) is 0 Å². The quantitative estimate of drug-likeness (QED) is 0.348. The van der Waals surface area contributed by atoms with E-state index in [0.29, 0.717) is 28.8 Å². The number of amides is 1. The molecule has 0 unspecified atom stereocenters. The number of likely N-dealkylation sites (tertiary alicyclic amines) is 1. The minimum atomic E-state index is -0.220. The Morgan fingerprint density at radius 2 is 1.75 bits per heavy atom. The topological polar surface area (TPSA) is 81.1 Å². The summed E-state index contributed by atoms with van der Waals surface area (Å²) in [7, 11) is 0. The lowest BCUT2D eigenvalue weighted by Crippen LogP contribution is -2.35. The lowest BCUT2D eigenvalue weighted by Gasteiger charge is -2.29. The minimum absolute atomic E-state index is 0.220. The first-order chi connectivity index (χ1) is 15.6. The summed E-state index contributed by atoms with van der Waals surface area (Å²) in [6.45, 7) is 2.42. The normalized spacial score (nSPS) is 13.5. The van der Waals surface area contributed by atoms with Crippen LogP contribution < -0.4 is 10.6 Å². The lowest BCUT2D eigenvalue weighted by atomic mass is 10.1. The van der Waals surface area contributed by atoms with Crippen molar-refractivity contribution < 1.29 is 4.79 Å². The van der Waals surface area contributed by atoms with Crippen molar-refractivity contribution in [3.8, 4) is 0 Å². The predicted molar refractivity (Wildman–Crippen MR) is 130 cm³/mol. The maximum absolute atomic E-state index is 12.8. The highest BCUT2D eigenvalue weighted by atomic mass is 35.5. The van der Waals surface area contributed by atoms with Crippen molar-refractivity contribution in [1.29, 1.82) is 5.41 Å². The van der Waals surface area contributed by atoms with Gasteiger partial charge in [-0.2, -0.15) is 0 Å². The summed E-state index contributed by atoms with van der Waals surface area (Å²) in [5, 5.41) is 15.2. The number of hydrogen-bond acceptors (Lipinski definition) is 4. The van der Waals surface area contributed by atoms with E-state index in [1.165, 1.54) is 12.6 Å². The minimum Gasteiger partial charge on any atom is -0.381 e. The molecule has 2 heterocycles. The summed E-state index contributed by atoms with van der Waals surface area (Å²) >= 11 is 5.86. The van der Waals surface area contributed by atoms with Crippen LogP contribution in [0.25, 0.3) is 0 Å². The molecule has 0 aliphatic carbocycles. The van der Waals surface area contributed by atoms with Crippen LogP contribution in [0.2, 0.25) is 5.02 Å². The third-order valence-electron chi connectivity index (χ3n) is 5.54. The summed E-state index contributed by atoms with van der Waals surface area (Å²) in [5.74, 6) is 0.825. The third kappa shape index (κ3) is 5.45. The number of aromatic nitrogens is 1. The number of amidine groups is 1. The van der Waals surface area contributed by atoms with Gasteiger partial charge in [-0.15, -0.1) is 0 Å². The molecule has 1 aromatic heterocycles. The monoisotopic (exact) mass is 447 g/mol. The molecular weight excluding hydrogens is 422 g/mol. The number of piperidine rings is 1. The number of rotatable bonds is 6. The summed E-state index contributed by atoms with van der Waals surface area (Å²) < 4.78 is 0. The Bertz CT molecular complexity index is 1080. The van der Waals surface area contributed by atoms with E-state index in [-0.39, 0.29) is 5.91 Å². The van der Waals surface area contributed by atoms with Gasteiger partial charge in [-0.3, -0.25) is 10.2 Å². The highest BCUT2D eigenvalue weighted by Crippen LogP contribution is 2.18. The van der Waals surface area contributed by atoms with Crippen LogP contribution in [0.15, 0.2) is 66.9 Å². The van der Waals surface area contributed by atoms with Crippen molar-refractivity contribution in [2.75, 3.05) is 23.7 Å². The largest absolute Gasteiger partial charge is 0.381 e. The molecule has 1 aliphatic rings. The molecule has 0 atom stereocenters. The van der Waals surface area contributed by atoms with E-state index in [1.54, 1.807) is 18.2 Å². The van der Waals surface area contributed by atoms with Crippen LogP contribution in [-0.2, 0) is 6.54 Å². The SMILES string of the molecule is N=C(c1ccc(NCc2ccccc2C(=O)Nc2ccc(Cl)cn2)cc1)N1CCCCC1. The molecule has 7 heteroatoms. The first-order valence-corrected chi connectivity index (χ1v) is 11.2. The molecule has 0 spiro atoms.